The molecule has 1 aromatic carbocycles. The van der Waals surface area contributed by atoms with Crippen molar-refractivity contribution >= 4 is 11.6 Å². The quantitative estimate of drug-likeness (QED) is 0.369. The molecule has 2 heterocycles. The Kier molecular flexibility index (Phi) is 5.68. The number of amides is 1. The van der Waals surface area contributed by atoms with Crippen LogP contribution in [0.15, 0.2) is 43.0 Å². The summed E-state index contributed by atoms with van der Waals surface area (Å²) in [5.74, 6) is 0.245. The van der Waals surface area contributed by atoms with Crippen LogP contribution < -0.4 is 21.9 Å². The number of rotatable bonds is 6. The number of nitrogens with zero attached hydrogens (tertiary/aromatic N) is 5. The maximum atomic E-state index is 12.2. The van der Waals surface area contributed by atoms with Crippen molar-refractivity contribution in [3.63, 3.8) is 0 Å². The Bertz CT molecular complexity index is 933. The second-order valence-corrected chi connectivity index (χ2v) is 6.91. The molecule has 3 aromatic rings. The van der Waals surface area contributed by atoms with Gasteiger partial charge in [0.2, 0.25) is 5.82 Å². The Morgan fingerprint density at radius 2 is 2.00 bits per heavy atom. The van der Waals surface area contributed by atoms with Crippen LogP contribution in [0.5, 0.6) is 0 Å². The molecule has 3 unspecified atom stereocenters. The summed E-state index contributed by atoms with van der Waals surface area (Å²) in [5.41, 5.74) is 14.4. The fraction of sp³-hybridized carbons (Fsp3) is 0.333. The SMILES string of the molecule is NC1C(NNC(=O)c2cncnc2)CCCC1Nc1cccc(-c2nn[nH]n2)c1. The van der Waals surface area contributed by atoms with Gasteiger partial charge in [-0.2, -0.15) is 5.21 Å². The van der Waals surface area contributed by atoms with Gasteiger partial charge in [-0.15, -0.1) is 10.2 Å². The number of hydrogen-bond acceptors (Lipinski definition) is 9. The second kappa shape index (κ2) is 8.71. The zero-order valence-corrected chi connectivity index (χ0v) is 15.6. The van der Waals surface area contributed by atoms with E-state index in [0.717, 1.165) is 30.5 Å². The average molecular weight is 394 g/mol. The van der Waals surface area contributed by atoms with Crippen LogP contribution in [0.25, 0.3) is 11.4 Å². The standard InChI is InChI=1S/C18H22N10O/c19-16-14(22-13-4-1-3-11(7-13)17-24-27-28-25-17)5-2-6-15(16)23-26-18(29)12-8-20-10-21-9-12/h1,3-4,7-10,14-16,22-23H,2,5-6,19H2,(H,26,29)(H,24,25,27,28). The molecule has 150 valence electrons. The van der Waals surface area contributed by atoms with Gasteiger partial charge in [0.25, 0.3) is 5.91 Å². The van der Waals surface area contributed by atoms with Gasteiger partial charge in [0.05, 0.1) is 5.56 Å². The number of anilines is 1. The van der Waals surface area contributed by atoms with Crippen LogP contribution in [0.3, 0.4) is 0 Å². The van der Waals surface area contributed by atoms with Crippen molar-refractivity contribution < 1.29 is 4.79 Å². The molecule has 29 heavy (non-hydrogen) atoms. The number of tetrazole rings is 1. The van der Waals surface area contributed by atoms with Gasteiger partial charge in [-0.3, -0.25) is 10.2 Å². The minimum absolute atomic E-state index is 0.0544. The third-order valence-corrected chi connectivity index (χ3v) is 4.97. The van der Waals surface area contributed by atoms with Crippen LogP contribution >= 0.6 is 0 Å². The molecule has 0 bridgehead atoms. The zero-order chi connectivity index (χ0) is 20.1. The molecule has 1 fully saturated rings. The van der Waals surface area contributed by atoms with E-state index < -0.39 is 0 Å². The monoisotopic (exact) mass is 394 g/mol. The lowest BCUT2D eigenvalue weighted by molar-refractivity contribution is 0.0915. The third kappa shape index (κ3) is 4.52. The van der Waals surface area contributed by atoms with Crippen LogP contribution in [0, 0.1) is 0 Å². The van der Waals surface area contributed by atoms with Crippen molar-refractivity contribution in [3.05, 3.63) is 48.5 Å². The van der Waals surface area contributed by atoms with Crippen molar-refractivity contribution in [3.8, 4) is 11.4 Å². The number of benzene rings is 1. The Balaban J connectivity index is 1.37. The van der Waals surface area contributed by atoms with E-state index in [1.807, 2.05) is 24.3 Å². The van der Waals surface area contributed by atoms with E-state index in [4.69, 9.17) is 5.73 Å². The number of nitrogens with one attached hydrogen (secondary N) is 4. The third-order valence-electron chi connectivity index (χ3n) is 4.97. The molecule has 11 nitrogen and oxygen atoms in total. The summed E-state index contributed by atoms with van der Waals surface area (Å²) in [4.78, 5) is 19.9. The minimum Gasteiger partial charge on any atom is -0.381 e. The highest BCUT2D eigenvalue weighted by molar-refractivity contribution is 5.93. The zero-order valence-electron chi connectivity index (χ0n) is 15.6. The molecule has 0 aliphatic heterocycles. The van der Waals surface area contributed by atoms with E-state index in [0.29, 0.717) is 11.4 Å². The van der Waals surface area contributed by atoms with Gasteiger partial charge in [0.1, 0.15) is 6.33 Å². The smallest absolute Gasteiger partial charge is 0.268 e. The number of aromatic amines is 1. The normalized spacial score (nSPS) is 21.5. The molecule has 3 atom stereocenters. The van der Waals surface area contributed by atoms with E-state index in [1.165, 1.54) is 18.7 Å². The fourth-order valence-electron chi connectivity index (χ4n) is 3.45. The van der Waals surface area contributed by atoms with Gasteiger partial charge >= 0.3 is 0 Å². The summed E-state index contributed by atoms with van der Waals surface area (Å²) in [6, 6.07) is 7.60. The predicted molar refractivity (Wildman–Crippen MR) is 105 cm³/mol. The summed E-state index contributed by atoms with van der Waals surface area (Å²) >= 11 is 0. The van der Waals surface area contributed by atoms with Crippen LogP contribution in [0.4, 0.5) is 5.69 Å². The molecular formula is C18H22N10O. The number of carbonyl (C=O) groups is 1. The molecule has 6 N–H and O–H groups in total. The van der Waals surface area contributed by atoms with E-state index in [1.54, 1.807) is 0 Å². The van der Waals surface area contributed by atoms with Crippen LogP contribution in [-0.4, -0.2) is 54.6 Å². The number of aromatic nitrogens is 6. The first-order valence-electron chi connectivity index (χ1n) is 9.37. The number of hydrogen-bond donors (Lipinski definition) is 5. The lowest BCUT2D eigenvalue weighted by Gasteiger charge is -2.37. The van der Waals surface area contributed by atoms with Gasteiger partial charge < -0.3 is 11.1 Å². The average Bonchev–Trinajstić information content (AvgIpc) is 3.30. The van der Waals surface area contributed by atoms with Gasteiger partial charge in [0.15, 0.2) is 0 Å². The fourth-order valence-corrected chi connectivity index (χ4v) is 3.45. The van der Waals surface area contributed by atoms with E-state index >= 15 is 0 Å². The molecule has 1 saturated carbocycles. The molecule has 0 radical (unpaired) electrons. The lowest BCUT2D eigenvalue weighted by atomic mass is 9.86. The molecule has 1 aliphatic carbocycles. The van der Waals surface area contributed by atoms with Gasteiger partial charge in [-0.1, -0.05) is 12.1 Å². The molecule has 11 heteroatoms. The van der Waals surface area contributed by atoms with Gasteiger partial charge in [-0.05, 0) is 36.6 Å². The minimum atomic E-state index is -0.291. The van der Waals surface area contributed by atoms with Crippen molar-refractivity contribution in [2.24, 2.45) is 5.73 Å². The van der Waals surface area contributed by atoms with Crippen molar-refractivity contribution in [2.75, 3.05) is 5.32 Å². The Morgan fingerprint density at radius 3 is 2.79 bits per heavy atom. The molecule has 0 spiro atoms. The van der Waals surface area contributed by atoms with Gasteiger partial charge in [-0.25, -0.2) is 15.4 Å². The van der Waals surface area contributed by atoms with Crippen molar-refractivity contribution in [1.29, 1.82) is 0 Å². The van der Waals surface area contributed by atoms with E-state index in [9.17, 15) is 4.79 Å². The topological polar surface area (TPSA) is 159 Å². The predicted octanol–water partition coefficient (Wildman–Crippen LogP) is 0.252. The first kappa shape index (κ1) is 18.9. The number of nitrogens with two attached hydrogens (primary N) is 1. The highest BCUT2D eigenvalue weighted by Crippen LogP contribution is 2.24. The first-order valence-corrected chi connectivity index (χ1v) is 9.37. The Hall–Kier alpha value is -3.44. The number of carbonyl (C=O) groups excluding carboxylic acids is 1. The van der Waals surface area contributed by atoms with E-state index in [-0.39, 0.29) is 24.0 Å². The second-order valence-electron chi connectivity index (χ2n) is 6.91. The summed E-state index contributed by atoms with van der Waals surface area (Å²) in [5, 5.41) is 17.6. The maximum Gasteiger partial charge on any atom is 0.268 e. The summed E-state index contributed by atoms with van der Waals surface area (Å²) in [6.07, 6.45) is 7.10. The Labute approximate surface area is 166 Å². The first-order chi connectivity index (χ1) is 14.2. The molecular weight excluding hydrogens is 372 g/mol. The van der Waals surface area contributed by atoms with Crippen molar-refractivity contribution in [1.82, 2.24) is 41.4 Å². The lowest BCUT2D eigenvalue weighted by Crippen LogP contribution is -2.60. The number of H-pyrrole nitrogens is 1. The summed E-state index contributed by atoms with van der Waals surface area (Å²) in [6.45, 7) is 0. The maximum absolute atomic E-state index is 12.2. The van der Waals surface area contributed by atoms with Crippen LogP contribution in [-0.2, 0) is 0 Å². The molecule has 1 amide bonds. The van der Waals surface area contributed by atoms with Crippen molar-refractivity contribution in [2.45, 2.75) is 37.4 Å². The number of hydrazine groups is 1. The molecule has 0 saturated heterocycles. The van der Waals surface area contributed by atoms with Crippen LogP contribution in [0.2, 0.25) is 0 Å². The van der Waals surface area contributed by atoms with Crippen LogP contribution in [0.1, 0.15) is 29.6 Å². The highest BCUT2D eigenvalue weighted by atomic mass is 16.2. The molecule has 4 rings (SSSR count). The summed E-state index contributed by atoms with van der Waals surface area (Å²) in [7, 11) is 0. The highest BCUT2D eigenvalue weighted by Gasteiger charge is 2.31. The van der Waals surface area contributed by atoms with Gasteiger partial charge in [0, 0.05) is 41.8 Å². The molecule has 2 aromatic heterocycles. The summed E-state index contributed by atoms with van der Waals surface area (Å²) < 4.78 is 0. The molecule has 1 aliphatic rings. The Morgan fingerprint density at radius 1 is 1.17 bits per heavy atom. The van der Waals surface area contributed by atoms with E-state index in [2.05, 4.69) is 46.8 Å². The largest absolute Gasteiger partial charge is 0.381 e.